The summed E-state index contributed by atoms with van der Waals surface area (Å²) in [6.07, 6.45) is 9.05. The topological polar surface area (TPSA) is 61.4 Å². The highest BCUT2D eigenvalue weighted by atomic mass is 79.9. The minimum Gasteiger partial charge on any atom is -0.593 e. The van der Waals surface area contributed by atoms with E-state index in [0.717, 1.165) is 40.6 Å². The molecule has 1 aromatic carbocycles. The minimum atomic E-state index is -1.34. The van der Waals surface area contributed by atoms with Gasteiger partial charge in [0.25, 0.3) is 5.91 Å². The molecule has 1 aromatic rings. The first-order valence-corrected chi connectivity index (χ1v) is 10.2. The number of nitrogens with one attached hydrogen (secondary N) is 1. The first-order chi connectivity index (χ1) is 12.0. The molecule has 0 spiro atoms. The van der Waals surface area contributed by atoms with Crippen LogP contribution < -0.4 is 9.46 Å². The molecule has 1 heterocycles. The summed E-state index contributed by atoms with van der Waals surface area (Å²) in [6, 6.07) is 7.55. The van der Waals surface area contributed by atoms with E-state index in [1.54, 1.807) is 0 Å². The summed E-state index contributed by atoms with van der Waals surface area (Å²) in [7, 11) is 0. The van der Waals surface area contributed by atoms with Crippen LogP contribution in [0, 0.1) is 0 Å². The first-order valence-electron chi connectivity index (χ1n) is 8.20. The number of allylic oxidation sites excluding steroid dienone is 4. The number of benzene rings is 1. The number of rotatable bonds is 3. The Bertz CT molecular complexity index is 714. The van der Waals surface area contributed by atoms with E-state index in [4.69, 9.17) is 4.74 Å². The van der Waals surface area contributed by atoms with Crippen molar-refractivity contribution in [2.45, 2.75) is 37.0 Å². The number of ether oxygens (including phenoxy) is 1. The Morgan fingerprint density at radius 3 is 2.76 bits per heavy atom. The maximum absolute atomic E-state index is 11.9. The first kappa shape index (κ1) is 18.3. The summed E-state index contributed by atoms with van der Waals surface area (Å²) >= 11 is 2.19. The van der Waals surface area contributed by atoms with Gasteiger partial charge in [0, 0.05) is 16.5 Å². The van der Waals surface area contributed by atoms with Gasteiger partial charge >= 0.3 is 0 Å². The molecule has 1 amide bonds. The quantitative estimate of drug-likeness (QED) is 0.742. The second-order valence-electron chi connectivity index (χ2n) is 6.14. The van der Waals surface area contributed by atoms with Crippen LogP contribution in [0.15, 0.2) is 59.1 Å². The van der Waals surface area contributed by atoms with E-state index in [1.807, 2.05) is 36.4 Å². The fourth-order valence-electron chi connectivity index (χ4n) is 2.84. The van der Waals surface area contributed by atoms with Gasteiger partial charge in [-0.3, -0.25) is 4.79 Å². The van der Waals surface area contributed by atoms with Crippen molar-refractivity contribution in [1.82, 2.24) is 4.72 Å². The second-order valence-corrected chi connectivity index (χ2v) is 8.37. The van der Waals surface area contributed by atoms with Crippen LogP contribution in [0.4, 0.5) is 0 Å². The number of hydrogen-bond acceptors (Lipinski definition) is 3. The predicted octanol–water partition coefficient (Wildman–Crippen LogP) is 4.23. The van der Waals surface area contributed by atoms with Crippen LogP contribution in [0.1, 0.15) is 36.5 Å². The third-order valence-corrected chi connectivity index (χ3v) is 6.49. The third kappa shape index (κ3) is 4.77. The standard InChI is InChI=1S/C19H20BrNO3S/c1-13-6-9-15(4-2-3-5-17(13)20)24-16-10-7-14(8-11-16)18-12-19(22)21-25(18)23/h2-3,5,7-8,10-11,15,18H,1,4,6,9,12H2,(H,21,22)/b3-2-,17-5+/t15-,18?,25?/m0/s1. The molecule has 1 aliphatic carbocycles. The van der Waals surface area contributed by atoms with E-state index in [0.29, 0.717) is 0 Å². The molecule has 0 bridgehead atoms. The Morgan fingerprint density at radius 2 is 2.08 bits per heavy atom. The highest BCUT2D eigenvalue weighted by molar-refractivity contribution is 9.12. The Kier molecular flexibility index (Phi) is 6.04. The SMILES string of the molecule is C=C1CC[C@@H](Oc2ccc(C3CC(=O)N[S+]3[O-])cc2)C/C=C\C=C/1Br. The molecule has 6 heteroatoms. The van der Waals surface area contributed by atoms with Crippen molar-refractivity contribution in [3.05, 3.63) is 64.7 Å². The van der Waals surface area contributed by atoms with E-state index >= 15 is 0 Å². The average molecular weight is 422 g/mol. The molecule has 3 rings (SSSR count). The van der Waals surface area contributed by atoms with Gasteiger partial charge in [-0.2, -0.15) is 4.72 Å². The van der Waals surface area contributed by atoms with Crippen LogP contribution >= 0.6 is 15.9 Å². The summed E-state index contributed by atoms with van der Waals surface area (Å²) in [6.45, 7) is 4.08. The molecule has 1 aliphatic heterocycles. The van der Waals surface area contributed by atoms with Gasteiger partial charge in [-0.15, -0.1) is 0 Å². The summed E-state index contributed by atoms with van der Waals surface area (Å²) < 4.78 is 21.5. The van der Waals surface area contributed by atoms with E-state index < -0.39 is 11.4 Å². The molecule has 1 N–H and O–H groups in total. The minimum absolute atomic E-state index is 0.0782. The molecule has 3 atom stereocenters. The Labute approximate surface area is 159 Å². The molecule has 0 saturated carbocycles. The molecular formula is C19H20BrNO3S. The zero-order valence-corrected chi connectivity index (χ0v) is 16.1. The molecule has 132 valence electrons. The van der Waals surface area contributed by atoms with Gasteiger partial charge in [-0.1, -0.05) is 46.8 Å². The van der Waals surface area contributed by atoms with Crippen molar-refractivity contribution in [2.75, 3.05) is 0 Å². The van der Waals surface area contributed by atoms with E-state index in [1.165, 1.54) is 0 Å². The van der Waals surface area contributed by atoms with Gasteiger partial charge in [0.2, 0.25) is 0 Å². The zero-order valence-electron chi connectivity index (χ0n) is 13.7. The third-order valence-electron chi connectivity index (χ3n) is 4.28. The summed E-state index contributed by atoms with van der Waals surface area (Å²) in [5.41, 5.74) is 1.95. The molecule has 2 aliphatic rings. The highest BCUT2D eigenvalue weighted by Crippen LogP contribution is 2.31. The molecule has 0 aromatic heterocycles. The Morgan fingerprint density at radius 1 is 1.32 bits per heavy atom. The van der Waals surface area contributed by atoms with Crippen LogP contribution in [-0.4, -0.2) is 16.6 Å². The highest BCUT2D eigenvalue weighted by Gasteiger charge is 2.36. The van der Waals surface area contributed by atoms with Gasteiger partial charge < -0.3 is 9.29 Å². The van der Waals surface area contributed by atoms with Crippen molar-refractivity contribution in [3.8, 4) is 5.75 Å². The normalized spacial score (nSPS) is 30.5. The second kappa shape index (κ2) is 8.25. The van der Waals surface area contributed by atoms with E-state index in [-0.39, 0.29) is 23.7 Å². The fourth-order valence-corrected chi connectivity index (χ4v) is 4.35. The summed E-state index contributed by atoms with van der Waals surface area (Å²) in [5.74, 6) is 0.614. The molecule has 4 nitrogen and oxygen atoms in total. The van der Waals surface area contributed by atoms with Gasteiger partial charge in [-0.05, 0) is 36.6 Å². The summed E-state index contributed by atoms with van der Waals surface area (Å²) in [4.78, 5) is 11.4. The van der Waals surface area contributed by atoms with Gasteiger partial charge in [0.1, 0.15) is 11.9 Å². The van der Waals surface area contributed by atoms with Crippen LogP contribution in [0.2, 0.25) is 0 Å². The number of halogens is 1. The van der Waals surface area contributed by atoms with Crippen molar-refractivity contribution in [3.63, 3.8) is 0 Å². The number of hydrogen-bond donors (Lipinski definition) is 1. The zero-order chi connectivity index (χ0) is 17.8. The largest absolute Gasteiger partial charge is 0.593 e. The predicted molar refractivity (Wildman–Crippen MR) is 104 cm³/mol. The molecular weight excluding hydrogens is 402 g/mol. The van der Waals surface area contributed by atoms with Crippen LogP contribution in [0.3, 0.4) is 0 Å². The molecule has 0 radical (unpaired) electrons. The lowest BCUT2D eigenvalue weighted by atomic mass is 10.1. The lowest BCUT2D eigenvalue weighted by Crippen LogP contribution is -2.21. The van der Waals surface area contributed by atoms with Crippen LogP contribution in [-0.2, 0) is 16.2 Å². The number of amides is 1. The molecule has 1 fully saturated rings. The van der Waals surface area contributed by atoms with Crippen molar-refractivity contribution in [1.29, 1.82) is 0 Å². The number of carbonyl (C=O) groups excluding carboxylic acids is 1. The summed E-state index contributed by atoms with van der Waals surface area (Å²) in [5, 5.41) is -0.277. The van der Waals surface area contributed by atoms with Gasteiger partial charge in [-0.25, -0.2) is 0 Å². The average Bonchev–Trinajstić information content (AvgIpc) is 2.96. The van der Waals surface area contributed by atoms with Crippen LogP contribution in [0.25, 0.3) is 0 Å². The number of carbonyl (C=O) groups is 1. The van der Waals surface area contributed by atoms with Gasteiger partial charge in [0.05, 0.1) is 17.8 Å². The van der Waals surface area contributed by atoms with Crippen LogP contribution in [0.5, 0.6) is 5.75 Å². The fraction of sp³-hybridized carbons (Fsp3) is 0.316. The Hall–Kier alpha value is -1.50. The molecule has 1 saturated heterocycles. The van der Waals surface area contributed by atoms with Gasteiger partial charge in [0.15, 0.2) is 5.25 Å². The molecule has 2 unspecified atom stereocenters. The monoisotopic (exact) mass is 421 g/mol. The van der Waals surface area contributed by atoms with Crippen molar-refractivity contribution in [2.24, 2.45) is 0 Å². The van der Waals surface area contributed by atoms with E-state index in [9.17, 15) is 9.35 Å². The lowest BCUT2D eigenvalue weighted by Gasteiger charge is -2.18. The maximum Gasteiger partial charge on any atom is 0.266 e. The molecule has 25 heavy (non-hydrogen) atoms. The van der Waals surface area contributed by atoms with E-state index in [2.05, 4.69) is 33.3 Å². The smallest absolute Gasteiger partial charge is 0.266 e. The maximum atomic E-state index is 11.9. The van der Waals surface area contributed by atoms with Crippen molar-refractivity contribution < 1.29 is 14.1 Å². The lowest BCUT2D eigenvalue weighted by molar-refractivity contribution is -0.118. The van der Waals surface area contributed by atoms with Crippen molar-refractivity contribution >= 4 is 33.2 Å². The Balaban J connectivity index is 1.63.